The second kappa shape index (κ2) is 3.97. The number of carbonyl (C=O) groups is 2. The molecule has 0 aromatic rings. The lowest BCUT2D eigenvalue weighted by atomic mass is 10.0. The molecule has 0 spiro atoms. The van der Waals surface area contributed by atoms with Crippen LogP contribution in [0.15, 0.2) is 0 Å². The number of alkyl halides is 2. The predicted octanol–water partition coefficient (Wildman–Crippen LogP) is 0.433. The van der Waals surface area contributed by atoms with Gasteiger partial charge in [-0.15, -0.1) is 0 Å². The van der Waals surface area contributed by atoms with Gasteiger partial charge in [0.2, 0.25) is 0 Å². The molecule has 1 fully saturated rings. The van der Waals surface area contributed by atoms with Crippen LogP contribution >= 0.6 is 0 Å². The highest BCUT2D eigenvalue weighted by molar-refractivity contribution is 5.80. The lowest BCUT2D eigenvalue weighted by molar-refractivity contribution is -0.217. The van der Waals surface area contributed by atoms with Crippen LogP contribution in [-0.2, 0) is 9.53 Å². The van der Waals surface area contributed by atoms with E-state index in [9.17, 15) is 18.4 Å². The van der Waals surface area contributed by atoms with Crippen LogP contribution in [0.4, 0.5) is 13.6 Å². The van der Waals surface area contributed by atoms with Crippen molar-refractivity contribution in [3.8, 4) is 0 Å². The summed E-state index contributed by atoms with van der Waals surface area (Å²) in [7, 11) is 0. The van der Waals surface area contributed by atoms with Gasteiger partial charge in [0.1, 0.15) is 0 Å². The zero-order chi connectivity index (χ0) is 11.6. The molecule has 1 amide bonds. The summed E-state index contributed by atoms with van der Waals surface area (Å²) in [6.45, 7) is -3.95. The average Bonchev–Trinajstić information content (AvgIpc) is 2.48. The second-order valence-electron chi connectivity index (χ2n) is 3.13. The van der Waals surface area contributed by atoms with Gasteiger partial charge < -0.3 is 19.8 Å². The van der Waals surface area contributed by atoms with E-state index in [2.05, 4.69) is 4.74 Å². The van der Waals surface area contributed by atoms with Crippen molar-refractivity contribution < 1.29 is 33.3 Å². The van der Waals surface area contributed by atoms with Crippen LogP contribution in [0, 0.1) is 0 Å². The van der Waals surface area contributed by atoms with Crippen LogP contribution in [0.5, 0.6) is 0 Å². The predicted molar refractivity (Wildman–Crippen MR) is 41.7 cm³/mol. The second-order valence-corrected chi connectivity index (χ2v) is 3.13. The fourth-order valence-corrected chi connectivity index (χ4v) is 1.44. The van der Waals surface area contributed by atoms with Crippen molar-refractivity contribution in [2.24, 2.45) is 0 Å². The third-order valence-corrected chi connectivity index (χ3v) is 2.21. The van der Waals surface area contributed by atoms with Crippen molar-refractivity contribution >= 4 is 12.1 Å². The van der Waals surface area contributed by atoms with Crippen molar-refractivity contribution in [1.29, 1.82) is 0 Å². The van der Waals surface area contributed by atoms with E-state index in [0.29, 0.717) is 0 Å². The molecular weight excluding hydrogens is 216 g/mol. The maximum absolute atomic E-state index is 12.0. The molecule has 1 heterocycles. The van der Waals surface area contributed by atoms with E-state index >= 15 is 0 Å². The minimum absolute atomic E-state index is 0.131. The molecule has 86 valence electrons. The van der Waals surface area contributed by atoms with Crippen molar-refractivity contribution in [1.82, 2.24) is 4.90 Å². The first-order chi connectivity index (χ1) is 6.87. The summed E-state index contributed by atoms with van der Waals surface area (Å²) in [6.07, 6.45) is -1.63. The Morgan fingerprint density at radius 1 is 1.40 bits per heavy atom. The van der Waals surface area contributed by atoms with Gasteiger partial charge in [-0.1, -0.05) is 0 Å². The van der Waals surface area contributed by atoms with E-state index in [4.69, 9.17) is 10.2 Å². The number of rotatable bonds is 3. The minimum Gasteiger partial charge on any atom is -0.479 e. The Bertz CT molecular complexity index is 285. The van der Waals surface area contributed by atoms with Crippen LogP contribution in [0.1, 0.15) is 6.42 Å². The Balaban J connectivity index is 2.78. The number of carboxylic acid groups (broad SMARTS) is 2. The summed E-state index contributed by atoms with van der Waals surface area (Å²) < 4.78 is 27.9. The van der Waals surface area contributed by atoms with Gasteiger partial charge in [0.15, 0.2) is 5.60 Å². The summed E-state index contributed by atoms with van der Waals surface area (Å²) in [5.41, 5.74) is -2.12. The molecule has 6 nitrogen and oxygen atoms in total. The molecular formula is C7H9F2NO5. The molecule has 0 aliphatic carbocycles. The molecule has 1 rings (SSSR count). The lowest BCUT2D eigenvalue weighted by Gasteiger charge is -2.23. The van der Waals surface area contributed by atoms with E-state index in [0.717, 1.165) is 4.90 Å². The Kier molecular flexibility index (Phi) is 3.08. The number of ether oxygens (including phenoxy) is 1. The smallest absolute Gasteiger partial charge is 0.407 e. The first-order valence-corrected chi connectivity index (χ1v) is 4.04. The number of halogens is 2. The number of aliphatic carboxylic acids is 1. The first kappa shape index (κ1) is 11.6. The normalized spacial score (nSPS) is 25.9. The maximum Gasteiger partial charge on any atom is 0.407 e. The van der Waals surface area contributed by atoms with E-state index in [-0.39, 0.29) is 13.0 Å². The highest BCUT2D eigenvalue weighted by atomic mass is 19.3. The van der Waals surface area contributed by atoms with E-state index in [1.807, 2.05) is 0 Å². The molecule has 1 unspecified atom stereocenters. The van der Waals surface area contributed by atoms with Crippen molar-refractivity contribution in [3.05, 3.63) is 0 Å². The Hall–Kier alpha value is -1.44. The number of nitrogens with zero attached hydrogens (tertiary/aromatic N) is 1. The number of amides is 1. The van der Waals surface area contributed by atoms with Crippen LogP contribution in [0.3, 0.4) is 0 Å². The largest absolute Gasteiger partial charge is 0.479 e. The molecule has 0 saturated carbocycles. The molecule has 1 aliphatic heterocycles. The number of hydrogen-bond donors (Lipinski definition) is 2. The fourth-order valence-electron chi connectivity index (χ4n) is 1.44. The number of hydrogen-bond acceptors (Lipinski definition) is 3. The Labute approximate surface area is 83.0 Å². The summed E-state index contributed by atoms with van der Waals surface area (Å²) in [6, 6.07) is 0. The fraction of sp³-hybridized carbons (Fsp3) is 0.714. The lowest BCUT2D eigenvalue weighted by Crippen LogP contribution is -2.46. The molecule has 0 radical (unpaired) electrons. The van der Waals surface area contributed by atoms with E-state index in [1.165, 1.54) is 0 Å². The first-order valence-electron chi connectivity index (χ1n) is 4.04. The van der Waals surface area contributed by atoms with Crippen LogP contribution in [0.2, 0.25) is 0 Å². The summed E-state index contributed by atoms with van der Waals surface area (Å²) in [4.78, 5) is 22.0. The Morgan fingerprint density at radius 3 is 2.33 bits per heavy atom. The Morgan fingerprint density at radius 2 is 2.00 bits per heavy atom. The van der Waals surface area contributed by atoms with Crippen LogP contribution in [0.25, 0.3) is 0 Å². The SMILES string of the molecule is O=C(O)N1CCC(OC(F)F)(C(=O)O)C1. The van der Waals surface area contributed by atoms with Crippen molar-refractivity contribution in [2.45, 2.75) is 18.6 Å². The zero-order valence-electron chi connectivity index (χ0n) is 7.52. The summed E-state index contributed by atoms with van der Waals surface area (Å²) in [5.74, 6) is -1.58. The topological polar surface area (TPSA) is 87.1 Å². The summed E-state index contributed by atoms with van der Waals surface area (Å²) in [5, 5.41) is 17.3. The van der Waals surface area contributed by atoms with Gasteiger partial charge in [-0.2, -0.15) is 8.78 Å². The molecule has 1 atom stereocenters. The third-order valence-electron chi connectivity index (χ3n) is 2.21. The molecule has 1 aliphatic rings. The molecule has 2 N–H and O–H groups in total. The quantitative estimate of drug-likeness (QED) is 0.727. The maximum atomic E-state index is 12.0. The molecule has 0 bridgehead atoms. The van der Waals surface area contributed by atoms with Crippen LogP contribution in [-0.4, -0.2) is 52.5 Å². The standard InChI is InChI=1S/C7H9F2NO5/c8-5(9)15-7(4(11)12)1-2-10(3-7)6(13)14/h5H,1-3H2,(H,11,12)(H,13,14). The monoisotopic (exact) mass is 225 g/mol. The number of carboxylic acids is 1. The summed E-state index contributed by atoms with van der Waals surface area (Å²) >= 11 is 0. The van der Waals surface area contributed by atoms with Gasteiger partial charge in [-0.25, -0.2) is 9.59 Å². The average molecular weight is 225 g/mol. The molecule has 0 aromatic carbocycles. The van der Waals surface area contributed by atoms with E-state index < -0.39 is 30.8 Å². The highest BCUT2D eigenvalue weighted by Gasteiger charge is 2.49. The van der Waals surface area contributed by atoms with Crippen molar-refractivity contribution in [2.75, 3.05) is 13.1 Å². The minimum atomic E-state index is -3.24. The highest BCUT2D eigenvalue weighted by Crippen LogP contribution is 2.28. The van der Waals surface area contributed by atoms with Gasteiger partial charge in [0.05, 0.1) is 6.54 Å². The number of likely N-dealkylation sites (tertiary alicyclic amines) is 1. The molecule has 1 saturated heterocycles. The third kappa shape index (κ3) is 2.32. The molecule has 8 heteroatoms. The van der Waals surface area contributed by atoms with Gasteiger partial charge in [0, 0.05) is 13.0 Å². The van der Waals surface area contributed by atoms with Gasteiger partial charge in [-0.3, -0.25) is 0 Å². The van der Waals surface area contributed by atoms with Crippen LogP contribution < -0.4 is 0 Å². The van der Waals surface area contributed by atoms with Crippen molar-refractivity contribution in [3.63, 3.8) is 0 Å². The molecule has 0 aromatic heterocycles. The zero-order valence-corrected chi connectivity index (χ0v) is 7.52. The van der Waals surface area contributed by atoms with Gasteiger partial charge in [0.25, 0.3) is 0 Å². The van der Waals surface area contributed by atoms with E-state index in [1.54, 1.807) is 0 Å². The van der Waals surface area contributed by atoms with Gasteiger partial charge >= 0.3 is 18.7 Å². The van der Waals surface area contributed by atoms with Gasteiger partial charge in [-0.05, 0) is 0 Å². The molecule has 15 heavy (non-hydrogen) atoms.